The van der Waals surface area contributed by atoms with E-state index in [-0.39, 0.29) is 11.0 Å². The normalized spacial score (nSPS) is 23.3. The molecule has 0 aromatic carbocycles. The molecule has 0 amide bonds. The maximum absolute atomic E-state index is 4.31. The molecule has 1 unspecified atom stereocenters. The number of allylic oxidation sites excluding steroid dienone is 3. The molecule has 1 aliphatic rings. The maximum atomic E-state index is 4.31. The Balaban J connectivity index is 3.29. The zero-order valence-electron chi connectivity index (χ0n) is 13.9. The van der Waals surface area contributed by atoms with Gasteiger partial charge in [0, 0.05) is 28.3 Å². The predicted octanol–water partition coefficient (Wildman–Crippen LogP) is 5.52. The van der Waals surface area contributed by atoms with Crippen molar-refractivity contribution in [2.75, 3.05) is 0 Å². The van der Waals surface area contributed by atoms with Gasteiger partial charge in [0.2, 0.25) is 0 Å². The quantitative estimate of drug-likeness (QED) is 0.602. The van der Waals surface area contributed by atoms with Gasteiger partial charge in [-0.15, -0.1) is 0 Å². The van der Waals surface area contributed by atoms with Crippen LogP contribution < -0.4 is 0 Å². The van der Waals surface area contributed by atoms with Crippen LogP contribution in [0.5, 0.6) is 0 Å². The minimum Gasteiger partial charge on any atom is -0.343 e. The van der Waals surface area contributed by atoms with E-state index in [2.05, 4.69) is 72.6 Å². The third kappa shape index (κ3) is 2.52. The molecule has 0 bridgehead atoms. The standard InChI is InChI=1S/C18H31N/c1-10-11-16-14(4)12-15(5)19(16)18(8,9)17(6,7)13(2)3/h11,14H,2,5,10,12H2,1,3-4,6-9H3/b16-11-. The molecule has 1 nitrogen and oxygen atoms in total. The van der Waals surface area contributed by atoms with Crippen LogP contribution in [0.4, 0.5) is 0 Å². The van der Waals surface area contributed by atoms with Gasteiger partial charge in [-0.25, -0.2) is 0 Å². The van der Waals surface area contributed by atoms with E-state index in [1.807, 2.05) is 0 Å². The summed E-state index contributed by atoms with van der Waals surface area (Å²) in [5, 5.41) is 0. The molecule has 0 aliphatic carbocycles. The second-order valence-electron chi connectivity index (χ2n) is 7.01. The molecule has 0 saturated carbocycles. The molecule has 1 saturated heterocycles. The Morgan fingerprint density at radius 3 is 2.32 bits per heavy atom. The van der Waals surface area contributed by atoms with Gasteiger partial charge in [-0.05, 0) is 33.6 Å². The van der Waals surface area contributed by atoms with Gasteiger partial charge in [-0.1, -0.05) is 52.5 Å². The minimum absolute atomic E-state index is 0.0122. The number of hydrogen-bond acceptors (Lipinski definition) is 1. The van der Waals surface area contributed by atoms with Crippen molar-refractivity contribution in [2.24, 2.45) is 11.3 Å². The van der Waals surface area contributed by atoms with E-state index in [0.717, 1.165) is 12.8 Å². The Bertz CT molecular complexity index is 409. The Kier molecular flexibility index (Phi) is 4.39. The molecule has 0 aromatic rings. The van der Waals surface area contributed by atoms with Gasteiger partial charge < -0.3 is 4.90 Å². The van der Waals surface area contributed by atoms with Crippen molar-refractivity contribution in [1.82, 2.24) is 4.90 Å². The van der Waals surface area contributed by atoms with Crippen molar-refractivity contribution in [3.8, 4) is 0 Å². The average Bonchev–Trinajstić information content (AvgIpc) is 2.54. The molecule has 0 aromatic heterocycles. The first-order valence-corrected chi connectivity index (χ1v) is 7.41. The lowest BCUT2D eigenvalue weighted by Crippen LogP contribution is -2.52. The van der Waals surface area contributed by atoms with Crippen molar-refractivity contribution < 1.29 is 0 Å². The summed E-state index contributed by atoms with van der Waals surface area (Å²) in [7, 11) is 0. The third-order valence-electron chi connectivity index (χ3n) is 5.19. The zero-order valence-corrected chi connectivity index (χ0v) is 13.9. The lowest BCUT2D eigenvalue weighted by atomic mass is 9.69. The molecule has 1 atom stereocenters. The predicted molar refractivity (Wildman–Crippen MR) is 85.8 cm³/mol. The first-order chi connectivity index (χ1) is 8.57. The van der Waals surface area contributed by atoms with Crippen LogP contribution >= 0.6 is 0 Å². The monoisotopic (exact) mass is 261 g/mol. The van der Waals surface area contributed by atoms with Crippen molar-refractivity contribution in [2.45, 2.75) is 66.8 Å². The molecule has 0 radical (unpaired) electrons. The van der Waals surface area contributed by atoms with Crippen molar-refractivity contribution >= 4 is 0 Å². The summed E-state index contributed by atoms with van der Waals surface area (Å²) in [5.41, 5.74) is 3.92. The van der Waals surface area contributed by atoms with Crippen molar-refractivity contribution in [3.63, 3.8) is 0 Å². The van der Waals surface area contributed by atoms with Gasteiger partial charge in [0.1, 0.15) is 0 Å². The molecule has 1 aliphatic heterocycles. The van der Waals surface area contributed by atoms with Crippen LogP contribution in [-0.4, -0.2) is 10.4 Å². The molecule has 1 heterocycles. The number of nitrogens with zero attached hydrogens (tertiary/aromatic N) is 1. The lowest BCUT2D eigenvalue weighted by Gasteiger charge is -2.50. The van der Waals surface area contributed by atoms with Crippen LogP contribution in [0.2, 0.25) is 0 Å². The van der Waals surface area contributed by atoms with E-state index in [4.69, 9.17) is 0 Å². The average molecular weight is 261 g/mol. The van der Waals surface area contributed by atoms with Gasteiger partial charge in [-0.3, -0.25) is 0 Å². The van der Waals surface area contributed by atoms with Crippen LogP contribution in [0.15, 0.2) is 36.2 Å². The van der Waals surface area contributed by atoms with Crippen LogP contribution in [0.3, 0.4) is 0 Å². The van der Waals surface area contributed by atoms with Gasteiger partial charge in [0.15, 0.2) is 0 Å². The molecule has 19 heavy (non-hydrogen) atoms. The Labute approximate surface area is 120 Å². The first kappa shape index (κ1) is 16.1. The van der Waals surface area contributed by atoms with Crippen LogP contribution in [0.1, 0.15) is 61.3 Å². The Morgan fingerprint density at radius 1 is 1.37 bits per heavy atom. The van der Waals surface area contributed by atoms with Gasteiger partial charge in [-0.2, -0.15) is 0 Å². The first-order valence-electron chi connectivity index (χ1n) is 7.41. The number of hydrogen-bond donors (Lipinski definition) is 0. The molecule has 108 valence electrons. The maximum Gasteiger partial charge on any atom is 0.0476 e. The highest BCUT2D eigenvalue weighted by Gasteiger charge is 2.46. The van der Waals surface area contributed by atoms with Gasteiger partial charge in [0.05, 0.1) is 0 Å². The largest absolute Gasteiger partial charge is 0.343 e. The third-order valence-corrected chi connectivity index (χ3v) is 5.19. The summed E-state index contributed by atoms with van der Waals surface area (Å²) in [5.74, 6) is 0.577. The van der Waals surface area contributed by atoms with E-state index < -0.39 is 0 Å². The fourth-order valence-electron chi connectivity index (χ4n) is 2.97. The van der Waals surface area contributed by atoms with Crippen molar-refractivity contribution in [1.29, 1.82) is 0 Å². The SMILES string of the molecule is C=C1CC(C)/C(=C/CC)N1C(C)(C)C(C)(C)C(=C)C. The van der Waals surface area contributed by atoms with Crippen LogP contribution in [-0.2, 0) is 0 Å². The molecular formula is C18H31N. The second-order valence-corrected chi connectivity index (χ2v) is 7.01. The van der Waals surface area contributed by atoms with E-state index in [1.165, 1.54) is 17.0 Å². The van der Waals surface area contributed by atoms with E-state index in [9.17, 15) is 0 Å². The Morgan fingerprint density at radius 2 is 1.89 bits per heavy atom. The highest BCUT2D eigenvalue weighted by atomic mass is 15.2. The molecule has 0 N–H and O–H groups in total. The molecular weight excluding hydrogens is 230 g/mol. The number of likely N-dealkylation sites (tertiary alicyclic amines) is 1. The summed E-state index contributed by atoms with van der Waals surface area (Å²) in [6, 6.07) is 0. The Hall–Kier alpha value is -0.980. The fraction of sp³-hybridized carbons (Fsp3) is 0.667. The van der Waals surface area contributed by atoms with Gasteiger partial charge in [0.25, 0.3) is 0 Å². The molecule has 0 spiro atoms. The van der Waals surface area contributed by atoms with Crippen LogP contribution in [0.25, 0.3) is 0 Å². The minimum atomic E-state index is -0.0122. The molecule has 1 heteroatoms. The summed E-state index contributed by atoms with van der Waals surface area (Å²) < 4.78 is 0. The highest BCUT2D eigenvalue weighted by molar-refractivity contribution is 5.29. The van der Waals surface area contributed by atoms with Gasteiger partial charge >= 0.3 is 0 Å². The summed E-state index contributed by atoms with van der Waals surface area (Å²) in [6.45, 7) is 24.4. The van der Waals surface area contributed by atoms with Crippen LogP contribution in [0, 0.1) is 11.3 Å². The van der Waals surface area contributed by atoms with Crippen molar-refractivity contribution in [3.05, 3.63) is 36.2 Å². The summed E-state index contributed by atoms with van der Waals surface area (Å²) in [4.78, 5) is 2.47. The topological polar surface area (TPSA) is 3.24 Å². The number of rotatable bonds is 4. The molecule has 1 fully saturated rings. The molecule has 1 rings (SSSR count). The smallest absolute Gasteiger partial charge is 0.0476 e. The second kappa shape index (κ2) is 5.19. The summed E-state index contributed by atoms with van der Waals surface area (Å²) in [6.07, 6.45) is 4.51. The van der Waals surface area contributed by atoms with E-state index in [0.29, 0.717) is 5.92 Å². The lowest BCUT2D eigenvalue weighted by molar-refractivity contribution is 0.0965. The van der Waals surface area contributed by atoms with E-state index in [1.54, 1.807) is 0 Å². The van der Waals surface area contributed by atoms with E-state index >= 15 is 0 Å². The zero-order chi connectivity index (χ0) is 15.0. The fourth-order valence-corrected chi connectivity index (χ4v) is 2.97. The summed E-state index contributed by atoms with van der Waals surface area (Å²) >= 11 is 0. The highest BCUT2D eigenvalue weighted by Crippen LogP contribution is 2.49.